The molecule has 2 aliphatic rings. The molecule has 2 fully saturated rings. The molecule has 17 heavy (non-hydrogen) atoms. The average molecular weight is 250 g/mol. The van der Waals surface area contributed by atoms with Gasteiger partial charge in [-0.2, -0.15) is 0 Å². The first kappa shape index (κ1) is 13.2. The molecule has 7 heteroatoms. The van der Waals surface area contributed by atoms with E-state index < -0.39 is 37.3 Å². The molecule has 7 nitrogen and oxygen atoms in total. The van der Waals surface area contributed by atoms with E-state index in [1.54, 1.807) is 0 Å². The van der Waals surface area contributed by atoms with Gasteiger partial charge < -0.3 is 34.6 Å². The third kappa shape index (κ3) is 3.14. The molecular weight excluding hydrogens is 232 g/mol. The van der Waals surface area contributed by atoms with Gasteiger partial charge in [-0.1, -0.05) is 0 Å². The van der Waals surface area contributed by atoms with Gasteiger partial charge in [0.1, 0.15) is 24.4 Å². The van der Waals surface area contributed by atoms with E-state index >= 15 is 0 Å². The lowest BCUT2D eigenvalue weighted by Gasteiger charge is -2.39. The van der Waals surface area contributed by atoms with Crippen molar-refractivity contribution in [2.45, 2.75) is 43.2 Å². The fourth-order valence-corrected chi connectivity index (χ4v) is 1.76. The molecule has 100 valence electrons. The minimum atomic E-state index is -1.39. The van der Waals surface area contributed by atoms with Crippen molar-refractivity contribution in [2.24, 2.45) is 0 Å². The second kappa shape index (κ2) is 5.57. The molecule has 4 N–H and O–H groups in total. The molecule has 2 heterocycles. The minimum Gasteiger partial charge on any atom is -0.394 e. The van der Waals surface area contributed by atoms with Crippen molar-refractivity contribution in [2.75, 3.05) is 19.8 Å². The van der Waals surface area contributed by atoms with Gasteiger partial charge in [0.2, 0.25) is 0 Å². The highest BCUT2D eigenvalue weighted by molar-refractivity contribution is 4.88. The molecule has 0 aromatic heterocycles. The van der Waals surface area contributed by atoms with E-state index in [1.807, 2.05) is 0 Å². The first-order valence-corrected chi connectivity index (χ1v) is 5.67. The van der Waals surface area contributed by atoms with Gasteiger partial charge in [0.05, 0.1) is 25.9 Å². The molecule has 0 amide bonds. The number of rotatable bonds is 5. The van der Waals surface area contributed by atoms with Crippen LogP contribution in [0.1, 0.15) is 6.42 Å². The van der Waals surface area contributed by atoms with Gasteiger partial charge in [-0.05, 0) is 6.42 Å². The fraction of sp³-hybridized carbons (Fsp3) is 1.00. The summed E-state index contributed by atoms with van der Waals surface area (Å²) in [5.74, 6) is 0. The van der Waals surface area contributed by atoms with Crippen molar-refractivity contribution in [1.82, 2.24) is 0 Å². The molecule has 0 saturated carbocycles. The Bertz CT molecular complexity index is 243. The van der Waals surface area contributed by atoms with Crippen LogP contribution >= 0.6 is 0 Å². The number of epoxide rings is 1. The predicted molar refractivity (Wildman–Crippen MR) is 54.1 cm³/mol. The number of aliphatic hydroxyl groups is 4. The summed E-state index contributed by atoms with van der Waals surface area (Å²) >= 11 is 0. The van der Waals surface area contributed by atoms with Crippen LogP contribution in [0.3, 0.4) is 0 Å². The van der Waals surface area contributed by atoms with Crippen LogP contribution < -0.4 is 0 Å². The zero-order valence-electron chi connectivity index (χ0n) is 9.31. The number of aliphatic hydroxyl groups excluding tert-OH is 4. The Hall–Kier alpha value is -0.280. The van der Waals surface area contributed by atoms with Crippen LogP contribution in [0.5, 0.6) is 0 Å². The van der Waals surface area contributed by atoms with Crippen molar-refractivity contribution in [3.8, 4) is 0 Å². The molecule has 2 saturated heterocycles. The highest BCUT2D eigenvalue weighted by Gasteiger charge is 2.44. The van der Waals surface area contributed by atoms with Gasteiger partial charge in [-0.25, -0.2) is 0 Å². The molecule has 0 unspecified atom stereocenters. The van der Waals surface area contributed by atoms with E-state index in [9.17, 15) is 15.3 Å². The lowest BCUT2D eigenvalue weighted by molar-refractivity contribution is -0.301. The van der Waals surface area contributed by atoms with E-state index in [0.29, 0.717) is 13.0 Å². The van der Waals surface area contributed by atoms with Gasteiger partial charge >= 0.3 is 0 Å². The van der Waals surface area contributed by atoms with E-state index in [2.05, 4.69) is 0 Å². The summed E-state index contributed by atoms with van der Waals surface area (Å²) in [6.07, 6.45) is -5.12. The van der Waals surface area contributed by atoms with E-state index in [1.165, 1.54) is 0 Å². The van der Waals surface area contributed by atoms with E-state index in [-0.39, 0.29) is 6.10 Å². The zero-order valence-corrected chi connectivity index (χ0v) is 9.31. The second-order valence-electron chi connectivity index (χ2n) is 4.31. The Kier molecular flexibility index (Phi) is 4.31. The van der Waals surface area contributed by atoms with Crippen LogP contribution in [0.4, 0.5) is 0 Å². The maximum atomic E-state index is 9.63. The van der Waals surface area contributed by atoms with Gasteiger partial charge in [0, 0.05) is 0 Å². The summed E-state index contributed by atoms with van der Waals surface area (Å²) in [6, 6.07) is 0. The molecule has 0 aromatic rings. The Morgan fingerprint density at radius 3 is 2.41 bits per heavy atom. The zero-order chi connectivity index (χ0) is 12.4. The predicted octanol–water partition coefficient (Wildman–Crippen LogP) is -2.41. The van der Waals surface area contributed by atoms with Gasteiger partial charge in [-0.3, -0.25) is 0 Å². The summed E-state index contributed by atoms with van der Waals surface area (Å²) in [6.45, 7) is 0.599. The Balaban J connectivity index is 1.81. The Morgan fingerprint density at radius 2 is 1.82 bits per heavy atom. The topological polar surface area (TPSA) is 112 Å². The third-order valence-corrected chi connectivity index (χ3v) is 2.97. The fourth-order valence-electron chi connectivity index (χ4n) is 1.76. The number of hydrogen-bond donors (Lipinski definition) is 4. The summed E-state index contributed by atoms with van der Waals surface area (Å²) in [4.78, 5) is 0. The molecule has 0 aliphatic carbocycles. The van der Waals surface area contributed by atoms with Crippen LogP contribution in [0, 0.1) is 0 Å². The maximum absolute atomic E-state index is 9.63. The van der Waals surface area contributed by atoms with Gasteiger partial charge in [0.25, 0.3) is 0 Å². The monoisotopic (exact) mass is 250 g/mol. The SMILES string of the molecule is OC[C@H]1O[C@H](OCC[C@H]2CO2)[C@H](O)[C@@H](O)[C@@H]1O. The summed E-state index contributed by atoms with van der Waals surface area (Å²) in [7, 11) is 0. The van der Waals surface area contributed by atoms with Crippen molar-refractivity contribution in [3.05, 3.63) is 0 Å². The molecule has 0 radical (unpaired) electrons. The maximum Gasteiger partial charge on any atom is 0.186 e. The molecule has 0 aromatic carbocycles. The number of ether oxygens (including phenoxy) is 3. The quantitative estimate of drug-likeness (QED) is 0.402. The van der Waals surface area contributed by atoms with Crippen LogP contribution in [0.15, 0.2) is 0 Å². The largest absolute Gasteiger partial charge is 0.394 e. The van der Waals surface area contributed by atoms with Crippen LogP contribution in [-0.2, 0) is 14.2 Å². The molecule has 6 atom stereocenters. The molecule has 0 bridgehead atoms. The molecular formula is C10H18O7. The van der Waals surface area contributed by atoms with Gasteiger partial charge in [0.15, 0.2) is 6.29 Å². The summed E-state index contributed by atoms with van der Waals surface area (Å²) in [5, 5.41) is 37.6. The highest BCUT2D eigenvalue weighted by Crippen LogP contribution is 2.22. The van der Waals surface area contributed by atoms with Crippen molar-refractivity contribution >= 4 is 0 Å². The Labute approximate surface area is 98.5 Å². The van der Waals surface area contributed by atoms with Crippen LogP contribution in [0.25, 0.3) is 0 Å². The highest BCUT2D eigenvalue weighted by atomic mass is 16.7. The first-order valence-electron chi connectivity index (χ1n) is 5.67. The molecule has 2 rings (SSSR count). The van der Waals surface area contributed by atoms with Crippen LogP contribution in [0.2, 0.25) is 0 Å². The van der Waals surface area contributed by atoms with Crippen molar-refractivity contribution in [1.29, 1.82) is 0 Å². The summed E-state index contributed by atoms with van der Waals surface area (Å²) < 4.78 is 15.4. The van der Waals surface area contributed by atoms with Gasteiger partial charge in [-0.15, -0.1) is 0 Å². The molecule has 2 aliphatic heterocycles. The van der Waals surface area contributed by atoms with E-state index in [0.717, 1.165) is 6.61 Å². The smallest absolute Gasteiger partial charge is 0.186 e. The number of hydrogen-bond acceptors (Lipinski definition) is 7. The van der Waals surface area contributed by atoms with Crippen LogP contribution in [-0.4, -0.2) is 77.1 Å². The van der Waals surface area contributed by atoms with Crippen molar-refractivity contribution < 1.29 is 34.6 Å². The lowest BCUT2D eigenvalue weighted by Crippen LogP contribution is -2.59. The van der Waals surface area contributed by atoms with E-state index in [4.69, 9.17) is 19.3 Å². The lowest BCUT2D eigenvalue weighted by atomic mass is 9.99. The second-order valence-corrected chi connectivity index (χ2v) is 4.31. The normalized spacial score (nSPS) is 45.9. The minimum absolute atomic E-state index is 0.208. The third-order valence-electron chi connectivity index (χ3n) is 2.97. The standard InChI is InChI=1S/C10H18O7/c11-3-6-7(12)8(13)9(14)10(17-6)15-2-1-5-4-16-5/h5-14H,1-4H2/t5-,6+,7+,8-,9+,10-/m0/s1. The summed E-state index contributed by atoms with van der Waals surface area (Å²) in [5.41, 5.74) is 0. The Morgan fingerprint density at radius 1 is 1.12 bits per heavy atom. The first-order chi connectivity index (χ1) is 8.13. The molecule has 0 spiro atoms. The van der Waals surface area contributed by atoms with Crippen molar-refractivity contribution in [3.63, 3.8) is 0 Å². The average Bonchev–Trinajstić information content (AvgIpc) is 3.13.